The molecule has 0 amide bonds. The molecule has 0 bridgehead atoms. The van der Waals surface area contributed by atoms with E-state index >= 15 is 0 Å². The molecule has 1 aliphatic heterocycles. The number of nitrogens with zero attached hydrogens (tertiary/aromatic N) is 2. The summed E-state index contributed by atoms with van der Waals surface area (Å²) in [6.45, 7) is 4.44. The lowest BCUT2D eigenvalue weighted by Gasteiger charge is -2.23. The van der Waals surface area contributed by atoms with Crippen LogP contribution in [0.25, 0.3) is 0 Å². The fourth-order valence-corrected chi connectivity index (χ4v) is 5.01. The van der Waals surface area contributed by atoms with E-state index in [0.717, 1.165) is 12.2 Å². The first-order chi connectivity index (χ1) is 12.4. The van der Waals surface area contributed by atoms with Crippen molar-refractivity contribution in [2.75, 3.05) is 20.8 Å². The van der Waals surface area contributed by atoms with Crippen LogP contribution in [-0.4, -0.2) is 38.6 Å². The van der Waals surface area contributed by atoms with Crippen molar-refractivity contribution in [3.05, 3.63) is 35.7 Å². The zero-order valence-corrected chi connectivity index (χ0v) is 16.2. The van der Waals surface area contributed by atoms with Crippen molar-refractivity contribution in [1.82, 2.24) is 9.46 Å². The van der Waals surface area contributed by atoms with Gasteiger partial charge in [-0.3, -0.25) is 0 Å². The second-order valence-corrected chi connectivity index (χ2v) is 8.46. The van der Waals surface area contributed by atoms with E-state index in [4.69, 9.17) is 14.0 Å². The van der Waals surface area contributed by atoms with Crippen LogP contribution in [0.3, 0.4) is 0 Å². The van der Waals surface area contributed by atoms with Crippen LogP contribution in [0.5, 0.6) is 11.5 Å². The van der Waals surface area contributed by atoms with Crippen LogP contribution in [0.2, 0.25) is 0 Å². The molecule has 1 aromatic carbocycles. The van der Waals surface area contributed by atoms with Crippen LogP contribution in [0, 0.1) is 0 Å². The van der Waals surface area contributed by atoms with Gasteiger partial charge in [-0.2, -0.15) is 4.31 Å². The molecular weight excluding hydrogens is 356 g/mol. The first-order valence-corrected chi connectivity index (χ1v) is 10.0. The Balaban J connectivity index is 2.00. The molecule has 0 saturated carbocycles. The number of hydrogen-bond acceptors (Lipinski definition) is 6. The van der Waals surface area contributed by atoms with Crippen molar-refractivity contribution in [3.8, 4) is 11.5 Å². The zero-order chi connectivity index (χ0) is 18.9. The standard InChI is InChI=1S/C18H24N2O5S/c1-12(2)17-11-14(19-25-17)15-6-5-9-20(15)26(21,22)18-10-13(23-3)7-8-16(18)24-4/h7-8,10-12,15H,5-6,9H2,1-4H3/t15-/m0/s1. The maximum Gasteiger partial charge on any atom is 0.247 e. The largest absolute Gasteiger partial charge is 0.497 e. The molecule has 0 spiro atoms. The summed E-state index contributed by atoms with van der Waals surface area (Å²) in [4.78, 5) is 0.0961. The molecule has 1 aromatic heterocycles. The second kappa shape index (κ2) is 7.28. The summed E-state index contributed by atoms with van der Waals surface area (Å²) >= 11 is 0. The number of benzene rings is 1. The molecule has 1 saturated heterocycles. The summed E-state index contributed by atoms with van der Waals surface area (Å²) in [6.07, 6.45) is 1.47. The average Bonchev–Trinajstić information content (AvgIpc) is 3.30. The molecule has 7 nitrogen and oxygen atoms in total. The zero-order valence-electron chi connectivity index (χ0n) is 15.4. The van der Waals surface area contributed by atoms with Gasteiger partial charge in [0.1, 0.15) is 27.8 Å². The molecule has 0 unspecified atom stereocenters. The number of sulfonamides is 1. The van der Waals surface area contributed by atoms with Gasteiger partial charge in [0.05, 0.1) is 20.3 Å². The maximum atomic E-state index is 13.3. The summed E-state index contributed by atoms with van der Waals surface area (Å²) in [5.74, 6) is 1.70. The minimum atomic E-state index is -3.78. The molecule has 2 aromatic rings. The van der Waals surface area contributed by atoms with E-state index in [9.17, 15) is 8.42 Å². The Kier molecular flexibility index (Phi) is 5.24. The number of methoxy groups -OCH3 is 2. The van der Waals surface area contributed by atoms with Gasteiger partial charge in [0.25, 0.3) is 0 Å². The highest BCUT2D eigenvalue weighted by Crippen LogP contribution is 2.39. The molecular formula is C18H24N2O5S. The molecule has 142 valence electrons. The topological polar surface area (TPSA) is 81.9 Å². The summed E-state index contributed by atoms with van der Waals surface area (Å²) in [6, 6.07) is 6.28. The molecule has 0 radical (unpaired) electrons. The number of hydrogen-bond donors (Lipinski definition) is 0. The van der Waals surface area contributed by atoms with E-state index in [-0.39, 0.29) is 16.9 Å². The van der Waals surface area contributed by atoms with Crippen LogP contribution in [0.4, 0.5) is 0 Å². The third-order valence-corrected chi connectivity index (χ3v) is 6.55. The Hall–Kier alpha value is -2.06. The SMILES string of the molecule is COc1ccc(OC)c(S(=O)(=O)N2CCC[C@H]2c2cc(C(C)C)on2)c1. The number of aromatic nitrogens is 1. The Morgan fingerprint density at radius 2 is 2.00 bits per heavy atom. The van der Waals surface area contributed by atoms with Gasteiger partial charge in [0.15, 0.2) is 0 Å². The molecule has 0 aliphatic carbocycles. The van der Waals surface area contributed by atoms with Crippen molar-refractivity contribution in [1.29, 1.82) is 0 Å². The van der Waals surface area contributed by atoms with Gasteiger partial charge in [-0.05, 0) is 25.0 Å². The van der Waals surface area contributed by atoms with Crippen LogP contribution in [-0.2, 0) is 10.0 Å². The monoisotopic (exact) mass is 380 g/mol. The van der Waals surface area contributed by atoms with Gasteiger partial charge in [-0.15, -0.1) is 0 Å². The number of rotatable bonds is 6. The minimum Gasteiger partial charge on any atom is -0.497 e. The van der Waals surface area contributed by atoms with E-state index in [2.05, 4.69) is 5.16 Å². The van der Waals surface area contributed by atoms with E-state index in [0.29, 0.717) is 30.2 Å². The van der Waals surface area contributed by atoms with Crippen molar-refractivity contribution in [3.63, 3.8) is 0 Å². The molecule has 0 N–H and O–H groups in total. The normalized spacial score (nSPS) is 18.4. The summed E-state index contributed by atoms with van der Waals surface area (Å²) in [5.41, 5.74) is 0.650. The molecule has 3 rings (SSSR count). The lowest BCUT2D eigenvalue weighted by atomic mass is 10.1. The van der Waals surface area contributed by atoms with Crippen LogP contribution in [0.15, 0.2) is 33.7 Å². The Labute approximate surface area is 153 Å². The molecule has 8 heteroatoms. The average molecular weight is 380 g/mol. The first-order valence-electron chi connectivity index (χ1n) is 8.59. The molecule has 26 heavy (non-hydrogen) atoms. The van der Waals surface area contributed by atoms with Gasteiger partial charge in [0.2, 0.25) is 10.0 Å². The molecule has 1 aliphatic rings. The highest BCUT2D eigenvalue weighted by Gasteiger charge is 2.39. The third kappa shape index (κ3) is 3.31. The molecule has 1 atom stereocenters. The second-order valence-electron chi connectivity index (χ2n) is 6.60. The quantitative estimate of drug-likeness (QED) is 0.764. The highest BCUT2D eigenvalue weighted by molar-refractivity contribution is 7.89. The van der Waals surface area contributed by atoms with Gasteiger partial charge >= 0.3 is 0 Å². The smallest absolute Gasteiger partial charge is 0.247 e. The van der Waals surface area contributed by atoms with E-state index in [1.165, 1.54) is 24.6 Å². The predicted molar refractivity (Wildman–Crippen MR) is 96.0 cm³/mol. The van der Waals surface area contributed by atoms with Gasteiger partial charge in [-0.1, -0.05) is 19.0 Å². The summed E-state index contributed by atoms with van der Waals surface area (Å²) < 4.78 is 44.0. The van der Waals surface area contributed by atoms with Crippen molar-refractivity contribution >= 4 is 10.0 Å². The van der Waals surface area contributed by atoms with Gasteiger partial charge < -0.3 is 14.0 Å². The van der Waals surface area contributed by atoms with Crippen LogP contribution < -0.4 is 9.47 Å². The first kappa shape index (κ1) is 18.7. The Morgan fingerprint density at radius 3 is 2.62 bits per heavy atom. The lowest BCUT2D eigenvalue weighted by Crippen LogP contribution is -2.31. The highest BCUT2D eigenvalue weighted by atomic mass is 32.2. The minimum absolute atomic E-state index is 0.0961. The Morgan fingerprint density at radius 1 is 1.23 bits per heavy atom. The van der Waals surface area contributed by atoms with Crippen molar-refractivity contribution < 1.29 is 22.4 Å². The van der Waals surface area contributed by atoms with Crippen molar-refractivity contribution in [2.45, 2.75) is 43.5 Å². The molecule has 1 fully saturated rings. The van der Waals surface area contributed by atoms with Gasteiger partial charge in [0, 0.05) is 24.6 Å². The fourth-order valence-electron chi connectivity index (χ4n) is 3.17. The number of ether oxygens (including phenoxy) is 2. The van der Waals surface area contributed by atoms with Crippen LogP contribution >= 0.6 is 0 Å². The van der Waals surface area contributed by atoms with Crippen LogP contribution in [0.1, 0.15) is 50.1 Å². The summed E-state index contributed by atoms with van der Waals surface area (Å²) in [7, 11) is -0.823. The van der Waals surface area contributed by atoms with Gasteiger partial charge in [-0.25, -0.2) is 8.42 Å². The van der Waals surface area contributed by atoms with E-state index in [1.54, 1.807) is 12.1 Å². The summed E-state index contributed by atoms with van der Waals surface area (Å²) in [5, 5.41) is 4.12. The third-order valence-electron chi connectivity index (χ3n) is 4.62. The molecule has 2 heterocycles. The van der Waals surface area contributed by atoms with Crippen molar-refractivity contribution in [2.24, 2.45) is 0 Å². The van der Waals surface area contributed by atoms with E-state index in [1.807, 2.05) is 19.9 Å². The predicted octanol–water partition coefficient (Wildman–Crippen LogP) is 3.34. The Bertz CT molecular complexity index is 875. The fraction of sp³-hybridized carbons (Fsp3) is 0.500. The lowest BCUT2D eigenvalue weighted by molar-refractivity contribution is 0.336. The maximum absolute atomic E-state index is 13.3. The van der Waals surface area contributed by atoms with E-state index < -0.39 is 10.0 Å².